The fraction of sp³-hybridized carbons (Fsp3) is 0.0714. The van der Waals surface area contributed by atoms with Crippen LogP contribution in [0.15, 0.2) is 63.2 Å². The Hall–Kier alpha value is -1.59. The Morgan fingerprint density at radius 1 is 0.895 bits per heavy atom. The van der Waals surface area contributed by atoms with Gasteiger partial charge in [0.25, 0.3) is 0 Å². The smallest absolute Gasteiger partial charge is 0.175 e. The van der Waals surface area contributed by atoms with Gasteiger partial charge in [-0.3, -0.25) is 4.79 Å². The van der Waals surface area contributed by atoms with Gasteiger partial charge in [0.1, 0.15) is 6.29 Å². The second kappa shape index (κ2) is 5.59. The van der Waals surface area contributed by atoms with E-state index >= 15 is 0 Å². The minimum absolute atomic E-state index is 0.313. The summed E-state index contributed by atoms with van der Waals surface area (Å²) in [6, 6.07) is 14.0. The number of sulfone groups is 1. The zero-order chi connectivity index (χ0) is 13.9. The Labute approximate surface area is 116 Å². The number of aldehydes is 1. The predicted octanol–water partition coefficient (Wildman–Crippen LogP) is 3.05. The lowest BCUT2D eigenvalue weighted by atomic mass is 10.2. The number of benzene rings is 2. The molecule has 2 aromatic carbocycles. The van der Waals surface area contributed by atoms with Crippen LogP contribution in [0.5, 0.6) is 0 Å². The summed E-state index contributed by atoms with van der Waals surface area (Å²) in [7, 11) is -3.15. The molecule has 0 atom stereocenters. The molecule has 0 saturated heterocycles. The third-order valence-corrected chi connectivity index (χ3v) is 4.65. The quantitative estimate of drug-likeness (QED) is 0.813. The topological polar surface area (TPSA) is 51.2 Å². The zero-order valence-corrected chi connectivity index (χ0v) is 11.9. The Kier molecular flexibility index (Phi) is 4.07. The number of carbonyl (C=O) groups is 1. The van der Waals surface area contributed by atoms with Crippen molar-refractivity contribution >= 4 is 27.9 Å². The number of carbonyl (C=O) groups excluding carboxylic acids is 1. The molecule has 0 aliphatic rings. The van der Waals surface area contributed by atoms with Crippen molar-refractivity contribution in [3.05, 3.63) is 54.1 Å². The highest BCUT2D eigenvalue weighted by atomic mass is 32.2. The molecule has 2 rings (SSSR count). The summed E-state index contributed by atoms with van der Waals surface area (Å²) in [6.45, 7) is 0. The van der Waals surface area contributed by atoms with Crippen LogP contribution >= 0.6 is 11.8 Å². The van der Waals surface area contributed by atoms with E-state index in [-0.39, 0.29) is 0 Å². The fourth-order valence-electron chi connectivity index (χ4n) is 1.51. The van der Waals surface area contributed by atoms with Crippen LogP contribution in [0.2, 0.25) is 0 Å². The first-order valence-corrected chi connectivity index (χ1v) is 8.23. The Morgan fingerprint density at radius 2 is 1.37 bits per heavy atom. The van der Waals surface area contributed by atoms with Crippen LogP contribution in [0.25, 0.3) is 0 Å². The Bertz CT molecular complexity index is 672. The van der Waals surface area contributed by atoms with Crippen LogP contribution < -0.4 is 0 Å². The van der Waals surface area contributed by atoms with Crippen molar-refractivity contribution in [3.63, 3.8) is 0 Å². The van der Waals surface area contributed by atoms with Crippen LogP contribution in [-0.4, -0.2) is 21.0 Å². The molecule has 0 fully saturated rings. The summed E-state index contributed by atoms with van der Waals surface area (Å²) in [5.41, 5.74) is 0.636. The number of hydrogen-bond acceptors (Lipinski definition) is 4. The van der Waals surface area contributed by atoms with E-state index in [1.54, 1.807) is 36.4 Å². The summed E-state index contributed by atoms with van der Waals surface area (Å²) in [6.07, 6.45) is 1.99. The van der Waals surface area contributed by atoms with Gasteiger partial charge in [-0.1, -0.05) is 23.9 Å². The maximum atomic E-state index is 11.3. The lowest BCUT2D eigenvalue weighted by molar-refractivity contribution is 0.112. The van der Waals surface area contributed by atoms with Crippen molar-refractivity contribution in [2.75, 3.05) is 6.26 Å². The molecule has 98 valence electrons. The molecule has 0 heterocycles. The van der Waals surface area contributed by atoms with Gasteiger partial charge in [0.2, 0.25) is 0 Å². The van der Waals surface area contributed by atoms with E-state index in [9.17, 15) is 13.2 Å². The van der Waals surface area contributed by atoms with Gasteiger partial charge in [-0.05, 0) is 36.4 Å². The van der Waals surface area contributed by atoms with E-state index in [1.807, 2.05) is 12.1 Å². The average molecular weight is 292 g/mol. The standard InChI is InChI=1S/C14H12O3S2/c1-19(16,17)14-8-6-13(7-9-14)18-12-4-2-11(10-15)3-5-12/h2-10H,1H3. The van der Waals surface area contributed by atoms with E-state index in [1.165, 1.54) is 18.0 Å². The van der Waals surface area contributed by atoms with Gasteiger partial charge in [-0.15, -0.1) is 0 Å². The second-order valence-electron chi connectivity index (χ2n) is 4.03. The van der Waals surface area contributed by atoms with E-state index in [0.29, 0.717) is 10.5 Å². The molecular weight excluding hydrogens is 280 g/mol. The lowest BCUT2D eigenvalue weighted by Crippen LogP contribution is -1.95. The molecule has 0 unspecified atom stereocenters. The number of hydrogen-bond donors (Lipinski definition) is 0. The Balaban J connectivity index is 2.17. The van der Waals surface area contributed by atoms with Gasteiger partial charge >= 0.3 is 0 Å². The largest absolute Gasteiger partial charge is 0.298 e. The highest BCUT2D eigenvalue weighted by Gasteiger charge is 2.06. The SMILES string of the molecule is CS(=O)(=O)c1ccc(Sc2ccc(C=O)cc2)cc1. The maximum absolute atomic E-state index is 11.3. The molecule has 0 spiro atoms. The third-order valence-electron chi connectivity index (χ3n) is 2.50. The summed E-state index contributed by atoms with van der Waals surface area (Å²) < 4.78 is 22.7. The molecular formula is C14H12O3S2. The van der Waals surface area contributed by atoms with E-state index in [2.05, 4.69) is 0 Å². The first-order valence-electron chi connectivity index (χ1n) is 5.52. The molecule has 19 heavy (non-hydrogen) atoms. The maximum Gasteiger partial charge on any atom is 0.175 e. The van der Waals surface area contributed by atoms with Crippen molar-refractivity contribution in [3.8, 4) is 0 Å². The molecule has 3 nitrogen and oxygen atoms in total. The Morgan fingerprint density at radius 3 is 1.79 bits per heavy atom. The second-order valence-corrected chi connectivity index (χ2v) is 7.20. The fourth-order valence-corrected chi connectivity index (χ4v) is 2.95. The molecule has 0 aromatic heterocycles. The normalized spacial score (nSPS) is 11.2. The van der Waals surface area contributed by atoms with Crippen LogP contribution in [0.3, 0.4) is 0 Å². The first-order chi connectivity index (χ1) is 8.99. The molecule has 0 radical (unpaired) electrons. The highest BCUT2D eigenvalue weighted by molar-refractivity contribution is 7.99. The van der Waals surface area contributed by atoms with Crippen molar-refractivity contribution in [1.82, 2.24) is 0 Å². The predicted molar refractivity (Wildman–Crippen MR) is 75.5 cm³/mol. The minimum Gasteiger partial charge on any atom is -0.298 e. The minimum atomic E-state index is -3.15. The molecule has 0 saturated carbocycles. The van der Waals surface area contributed by atoms with Crippen molar-refractivity contribution in [2.45, 2.75) is 14.7 Å². The van der Waals surface area contributed by atoms with E-state index in [4.69, 9.17) is 0 Å². The molecule has 5 heteroatoms. The third kappa shape index (κ3) is 3.68. The summed E-state index contributed by atoms with van der Waals surface area (Å²) in [5.74, 6) is 0. The van der Waals surface area contributed by atoms with Crippen LogP contribution in [0, 0.1) is 0 Å². The van der Waals surface area contributed by atoms with Gasteiger partial charge in [0, 0.05) is 21.6 Å². The summed E-state index contributed by atoms with van der Waals surface area (Å²) in [4.78, 5) is 12.8. The van der Waals surface area contributed by atoms with Crippen molar-refractivity contribution in [2.24, 2.45) is 0 Å². The molecule has 0 amide bonds. The van der Waals surface area contributed by atoms with Gasteiger partial charge in [-0.2, -0.15) is 0 Å². The monoisotopic (exact) mass is 292 g/mol. The van der Waals surface area contributed by atoms with Crippen LogP contribution in [0.4, 0.5) is 0 Å². The molecule has 0 bridgehead atoms. The lowest BCUT2D eigenvalue weighted by Gasteiger charge is -2.03. The van der Waals surface area contributed by atoms with Gasteiger partial charge in [0.05, 0.1) is 4.90 Å². The molecule has 0 aliphatic carbocycles. The van der Waals surface area contributed by atoms with E-state index < -0.39 is 9.84 Å². The highest BCUT2D eigenvalue weighted by Crippen LogP contribution is 2.28. The van der Waals surface area contributed by atoms with Crippen LogP contribution in [-0.2, 0) is 9.84 Å². The van der Waals surface area contributed by atoms with Crippen molar-refractivity contribution in [1.29, 1.82) is 0 Å². The van der Waals surface area contributed by atoms with Crippen molar-refractivity contribution < 1.29 is 13.2 Å². The van der Waals surface area contributed by atoms with E-state index in [0.717, 1.165) is 16.1 Å². The molecule has 0 N–H and O–H groups in total. The summed E-state index contributed by atoms with van der Waals surface area (Å²) in [5, 5.41) is 0. The molecule has 0 aliphatic heterocycles. The summed E-state index contributed by atoms with van der Waals surface area (Å²) >= 11 is 1.52. The van der Waals surface area contributed by atoms with Gasteiger partial charge < -0.3 is 0 Å². The number of rotatable bonds is 4. The molecule has 2 aromatic rings. The van der Waals surface area contributed by atoms with Gasteiger partial charge in [-0.25, -0.2) is 8.42 Å². The van der Waals surface area contributed by atoms with Crippen LogP contribution in [0.1, 0.15) is 10.4 Å². The average Bonchev–Trinajstić information content (AvgIpc) is 2.39. The zero-order valence-electron chi connectivity index (χ0n) is 10.2. The first kappa shape index (κ1) is 13.8. The van der Waals surface area contributed by atoms with Gasteiger partial charge in [0.15, 0.2) is 9.84 Å².